The third-order valence-corrected chi connectivity index (χ3v) is 2.64. The summed E-state index contributed by atoms with van der Waals surface area (Å²) in [7, 11) is 0. The molecule has 0 spiro atoms. The summed E-state index contributed by atoms with van der Waals surface area (Å²) in [4.78, 5) is 25.2. The molecule has 0 saturated carbocycles. The molecule has 5 heteroatoms. The van der Waals surface area contributed by atoms with Crippen molar-refractivity contribution in [1.82, 2.24) is 4.90 Å². The molecule has 0 saturated heterocycles. The maximum atomic E-state index is 12.1. The molecule has 0 aromatic rings. The molecule has 0 N–H and O–H groups in total. The van der Waals surface area contributed by atoms with Gasteiger partial charge in [0.15, 0.2) is 0 Å². The highest BCUT2D eigenvalue weighted by molar-refractivity contribution is 5.88. The maximum Gasteiger partial charge on any atom is 0.307 e. The van der Waals surface area contributed by atoms with Crippen molar-refractivity contribution < 1.29 is 19.1 Å². The van der Waals surface area contributed by atoms with Gasteiger partial charge in [-0.2, -0.15) is 0 Å². The zero-order valence-electron chi connectivity index (χ0n) is 14.0. The molecule has 122 valence electrons. The molecule has 0 aromatic carbocycles. The van der Waals surface area contributed by atoms with Gasteiger partial charge in [-0.25, -0.2) is 0 Å². The second kappa shape index (κ2) is 11.3. The van der Waals surface area contributed by atoms with E-state index in [2.05, 4.69) is 0 Å². The minimum absolute atomic E-state index is 0.0659. The van der Waals surface area contributed by atoms with E-state index in [1.165, 1.54) is 0 Å². The Kier molecular flexibility index (Phi) is 10.6. The Morgan fingerprint density at radius 1 is 1.19 bits per heavy atom. The van der Waals surface area contributed by atoms with Crippen LogP contribution < -0.4 is 0 Å². The number of esters is 1. The van der Waals surface area contributed by atoms with Crippen molar-refractivity contribution in [2.24, 2.45) is 0 Å². The number of hydrogen-bond acceptors (Lipinski definition) is 4. The molecule has 5 nitrogen and oxygen atoms in total. The minimum Gasteiger partial charge on any atom is -0.466 e. The van der Waals surface area contributed by atoms with E-state index < -0.39 is 0 Å². The van der Waals surface area contributed by atoms with Crippen LogP contribution >= 0.6 is 0 Å². The molecule has 0 aliphatic heterocycles. The largest absolute Gasteiger partial charge is 0.466 e. The predicted molar refractivity (Wildman–Crippen MR) is 83.0 cm³/mol. The van der Waals surface area contributed by atoms with E-state index in [0.717, 1.165) is 12.0 Å². The number of rotatable bonds is 10. The molecular formula is C16H29NO4. The first-order valence-corrected chi connectivity index (χ1v) is 7.57. The zero-order valence-corrected chi connectivity index (χ0v) is 14.0. The highest BCUT2D eigenvalue weighted by Crippen LogP contribution is 2.02. The topological polar surface area (TPSA) is 55.8 Å². The van der Waals surface area contributed by atoms with E-state index >= 15 is 0 Å². The summed E-state index contributed by atoms with van der Waals surface area (Å²) in [6.45, 7) is 11.4. The van der Waals surface area contributed by atoms with Gasteiger partial charge in [0.1, 0.15) is 0 Å². The van der Waals surface area contributed by atoms with Crippen LogP contribution in [0.25, 0.3) is 0 Å². The van der Waals surface area contributed by atoms with Gasteiger partial charge in [0.2, 0.25) is 5.91 Å². The zero-order chi connectivity index (χ0) is 16.3. The van der Waals surface area contributed by atoms with E-state index in [1.807, 2.05) is 27.7 Å². The van der Waals surface area contributed by atoms with Crippen molar-refractivity contribution in [3.8, 4) is 0 Å². The van der Waals surface area contributed by atoms with Crippen molar-refractivity contribution in [3.05, 3.63) is 11.6 Å². The van der Waals surface area contributed by atoms with E-state index in [0.29, 0.717) is 26.3 Å². The Hall–Kier alpha value is -1.36. The summed E-state index contributed by atoms with van der Waals surface area (Å²) < 4.78 is 10.4. The Morgan fingerprint density at radius 2 is 1.86 bits per heavy atom. The van der Waals surface area contributed by atoms with Gasteiger partial charge < -0.3 is 14.4 Å². The first-order valence-electron chi connectivity index (χ1n) is 7.57. The summed E-state index contributed by atoms with van der Waals surface area (Å²) >= 11 is 0. The average molecular weight is 299 g/mol. The van der Waals surface area contributed by atoms with Crippen molar-refractivity contribution in [2.45, 2.75) is 53.6 Å². The molecule has 0 aromatic heterocycles. The second-order valence-corrected chi connectivity index (χ2v) is 5.38. The lowest BCUT2D eigenvalue weighted by Crippen LogP contribution is -2.33. The van der Waals surface area contributed by atoms with Gasteiger partial charge in [-0.1, -0.05) is 5.57 Å². The summed E-state index contributed by atoms with van der Waals surface area (Å²) in [5.74, 6) is -0.338. The third-order valence-electron chi connectivity index (χ3n) is 2.64. The first-order chi connectivity index (χ1) is 9.86. The molecule has 0 rings (SSSR count). The number of allylic oxidation sites excluding steroid dienone is 1. The fraction of sp³-hybridized carbons (Fsp3) is 0.750. The SMILES string of the molecule is CCOC(=O)CCN(CCCOC(C)C)C(=O)C=C(C)C. The van der Waals surface area contributed by atoms with Crippen LogP contribution in [0.2, 0.25) is 0 Å². The Labute approximate surface area is 128 Å². The number of ether oxygens (including phenoxy) is 2. The van der Waals surface area contributed by atoms with Gasteiger partial charge in [0.25, 0.3) is 0 Å². The van der Waals surface area contributed by atoms with E-state index in [9.17, 15) is 9.59 Å². The number of amides is 1. The molecule has 0 aliphatic rings. The normalized spacial score (nSPS) is 10.4. The van der Waals surface area contributed by atoms with Gasteiger partial charge >= 0.3 is 5.97 Å². The van der Waals surface area contributed by atoms with E-state index in [-0.39, 0.29) is 24.4 Å². The molecular weight excluding hydrogens is 270 g/mol. The maximum absolute atomic E-state index is 12.1. The lowest BCUT2D eigenvalue weighted by Gasteiger charge is -2.21. The number of carbonyl (C=O) groups excluding carboxylic acids is 2. The molecule has 0 unspecified atom stereocenters. The van der Waals surface area contributed by atoms with Crippen LogP contribution in [0.3, 0.4) is 0 Å². The summed E-state index contributed by atoms with van der Waals surface area (Å²) in [5.41, 5.74) is 0.944. The lowest BCUT2D eigenvalue weighted by molar-refractivity contribution is -0.143. The highest BCUT2D eigenvalue weighted by atomic mass is 16.5. The fourth-order valence-corrected chi connectivity index (χ4v) is 1.70. The standard InChI is InChI=1S/C16H29NO4/c1-6-20-16(19)8-10-17(15(18)12-13(2)3)9-7-11-21-14(4)5/h12,14H,6-11H2,1-5H3. The van der Waals surface area contributed by atoms with Gasteiger partial charge in [0.05, 0.1) is 19.1 Å². The van der Waals surface area contributed by atoms with Crippen LogP contribution in [0.5, 0.6) is 0 Å². The van der Waals surface area contributed by atoms with Gasteiger partial charge in [0, 0.05) is 25.8 Å². The number of carbonyl (C=O) groups is 2. The molecule has 0 aliphatic carbocycles. The van der Waals surface area contributed by atoms with Crippen molar-refractivity contribution >= 4 is 11.9 Å². The molecule has 0 radical (unpaired) electrons. The van der Waals surface area contributed by atoms with E-state index in [1.54, 1.807) is 17.9 Å². The van der Waals surface area contributed by atoms with Crippen LogP contribution in [0, 0.1) is 0 Å². The molecule has 0 fully saturated rings. The summed E-state index contributed by atoms with van der Waals surface area (Å²) in [6.07, 6.45) is 2.76. The summed E-state index contributed by atoms with van der Waals surface area (Å²) in [6, 6.07) is 0. The van der Waals surface area contributed by atoms with Crippen molar-refractivity contribution in [2.75, 3.05) is 26.3 Å². The molecule has 0 atom stereocenters. The van der Waals surface area contributed by atoms with Crippen molar-refractivity contribution in [1.29, 1.82) is 0 Å². The van der Waals surface area contributed by atoms with Gasteiger partial charge in [-0.15, -0.1) is 0 Å². The van der Waals surface area contributed by atoms with Gasteiger partial charge in [-0.3, -0.25) is 9.59 Å². The van der Waals surface area contributed by atoms with Crippen LogP contribution in [0.4, 0.5) is 0 Å². The Balaban J connectivity index is 4.37. The Morgan fingerprint density at radius 3 is 2.38 bits per heavy atom. The van der Waals surface area contributed by atoms with E-state index in [4.69, 9.17) is 9.47 Å². The lowest BCUT2D eigenvalue weighted by atomic mass is 10.2. The van der Waals surface area contributed by atoms with Crippen LogP contribution in [0.1, 0.15) is 47.5 Å². The molecule has 0 bridgehead atoms. The van der Waals surface area contributed by atoms with Crippen molar-refractivity contribution in [3.63, 3.8) is 0 Å². The first kappa shape index (κ1) is 19.6. The summed E-state index contributed by atoms with van der Waals surface area (Å²) in [5, 5.41) is 0. The number of hydrogen-bond donors (Lipinski definition) is 0. The predicted octanol–water partition coefficient (Wildman–Crippen LogP) is 2.55. The third kappa shape index (κ3) is 11.0. The van der Waals surface area contributed by atoms with Crippen LogP contribution in [-0.4, -0.2) is 49.2 Å². The van der Waals surface area contributed by atoms with Crippen LogP contribution in [-0.2, 0) is 19.1 Å². The monoisotopic (exact) mass is 299 g/mol. The molecule has 1 amide bonds. The van der Waals surface area contributed by atoms with Gasteiger partial charge in [-0.05, 0) is 41.0 Å². The minimum atomic E-state index is -0.272. The quantitative estimate of drug-likeness (QED) is 0.353. The average Bonchev–Trinajstić information content (AvgIpc) is 2.36. The second-order valence-electron chi connectivity index (χ2n) is 5.38. The number of nitrogens with zero attached hydrogens (tertiary/aromatic N) is 1. The van der Waals surface area contributed by atoms with Crippen LogP contribution in [0.15, 0.2) is 11.6 Å². The Bertz CT molecular complexity index is 346. The smallest absolute Gasteiger partial charge is 0.307 e. The molecule has 0 heterocycles. The molecule has 21 heavy (non-hydrogen) atoms. The highest BCUT2D eigenvalue weighted by Gasteiger charge is 2.13. The fourth-order valence-electron chi connectivity index (χ4n) is 1.70.